The molecule has 1 aromatic rings. The molecule has 23 heavy (non-hydrogen) atoms. The Morgan fingerprint density at radius 1 is 1.35 bits per heavy atom. The molecule has 5 nitrogen and oxygen atoms in total. The molecule has 0 unspecified atom stereocenters. The highest BCUT2D eigenvalue weighted by Crippen LogP contribution is 2.42. The average molecular weight is 357 g/mol. The van der Waals surface area contributed by atoms with Crippen LogP contribution in [-0.4, -0.2) is 49.7 Å². The molecule has 1 spiro atoms. The lowest BCUT2D eigenvalue weighted by Gasteiger charge is -2.37. The fourth-order valence-electron chi connectivity index (χ4n) is 3.08. The third kappa shape index (κ3) is 3.38. The van der Waals surface area contributed by atoms with Crippen molar-refractivity contribution < 1.29 is 17.9 Å². The Labute approximate surface area is 142 Å². The van der Waals surface area contributed by atoms with Crippen LogP contribution in [0, 0.1) is 6.92 Å². The largest absolute Gasteiger partial charge is 0.492 e. The van der Waals surface area contributed by atoms with Crippen molar-refractivity contribution in [1.29, 1.82) is 0 Å². The fraction of sp³-hybridized carbons (Fsp3) is 0.625. The van der Waals surface area contributed by atoms with Crippen LogP contribution >= 0.6 is 11.8 Å². The van der Waals surface area contributed by atoms with Crippen LogP contribution in [0.4, 0.5) is 0 Å². The van der Waals surface area contributed by atoms with Gasteiger partial charge in [0.05, 0.1) is 13.2 Å². The number of thioether (sulfide) groups is 1. The minimum absolute atomic E-state index is 0.165. The Bertz CT molecular complexity index is 659. The predicted molar refractivity (Wildman–Crippen MR) is 91.5 cm³/mol. The molecular formula is C16H23NO4S2. The summed E-state index contributed by atoms with van der Waals surface area (Å²) in [5.41, 5.74) is 0.912. The molecule has 3 rings (SSSR count). The van der Waals surface area contributed by atoms with Crippen molar-refractivity contribution in [2.75, 3.05) is 32.1 Å². The first-order valence-corrected chi connectivity index (χ1v) is 10.4. The van der Waals surface area contributed by atoms with Crippen molar-refractivity contribution in [2.45, 2.75) is 36.5 Å². The van der Waals surface area contributed by atoms with E-state index in [1.165, 1.54) is 0 Å². The molecule has 0 atom stereocenters. The van der Waals surface area contributed by atoms with Gasteiger partial charge in [0.2, 0.25) is 10.0 Å². The summed E-state index contributed by atoms with van der Waals surface area (Å²) in [5.74, 6) is 1.43. The molecule has 0 bridgehead atoms. The minimum Gasteiger partial charge on any atom is -0.492 e. The van der Waals surface area contributed by atoms with E-state index in [0.717, 1.165) is 30.8 Å². The summed E-state index contributed by atoms with van der Waals surface area (Å²) in [6.45, 7) is 5.95. The molecule has 1 aromatic carbocycles. The Morgan fingerprint density at radius 2 is 2.09 bits per heavy atom. The van der Waals surface area contributed by atoms with Crippen LogP contribution in [0.5, 0.6) is 5.75 Å². The number of hydrogen-bond donors (Lipinski definition) is 0. The van der Waals surface area contributed by atoms with Crippen LogP contribution in [0.3, 0.4) is 0 Å². The van der Waals surface area contributed by atoms with Gasteiger partial charge in [0.25, 0.3) is 0 Å². The van der Waals surface area contributed by atoms with Crippen LogP contribution in [0.25, 0.3) is 0 Å². The summed E-state index contributed by atoms with van der Waals surface area (Å²) >= 11 is 1.82. The van der Waals surface area contributed by atoms with Crippen LogP contribution in [0.2, 0.25) is 0 Å². The average Bonchev–Trinajstić information content (AvgIpc) is 2.98. The smallest absolute Gasteiger partial charge is 0.246 e. The molecule has 0 radical (unpaired) electrons. The summed E-state index contributed by atoms with van der Waals surface area (Å²) in [5, 5.41) is 0. The maximum Gasteiger partial charge on any atom is 0.246 e. The van der Waals surface area contributed by atoms with Crippen molar-refractivity contribution in [3.63, 3.8) is 0 Å². The normalized spacial score (nSPS) is 21.7. The van der Waals surface area contributed by atoms with E-state index in [0.29, 0.717) is 25.4 Å². The zero-order chi connectivity index (χ0) is 16.5. The summed E-state index contributed by atoms with van der Waals surface area (Å²) < 4.78 is 39.0. The van der Waals surface area contributed by atoms with Gasteiger partial charge in [0.15, 0.2) is 0 Å². The number of hydrogen-bond acceptors (Lipinski definition) is 5. The Morgan fingerprint density at radius 3 is 2.70 bits per heavy atom. The molecule has 2 aliphatic heterocycles. The van der Waals surface area contributed by atoms with E-state index in [1.807, 2.05) is 31.7 Å². The third-order valence-electron chi connectivity index (χ3n) is 4.31. The van der Waals surface area contributed by atoms with Gasteiger partial charge in [-0.2, -0.15) is 4.31 Å². The van der Waals surface area contributed by atoms with E-state index < -0.39 is 10.0 Å². The minimum atomic E-state index is -3.54. The van der Waals surface area contributed by atoms with E-state index in [4.69, 9.17) is 9.47 Å². The van der Waals surface area contributed by atoms with Gasteiger partial charge in [0.1, 0.15) is 15.6 Å². The number of nitrogens with zero attached hydrogens (tertiary/aromatic N) is 1. The second-order valence-electron chi connectivity index (χ2n) is 5.89. The lowest BCUT2D eigenvalue weighted by atomic mass is 10.1. The zero-order valence-electron chi connectivity index (χ0n) is 13.6. The Hall–Kier alpha value is -0.760. The summed E-state index contributed by atoms with van der Waals surface area (Å²) in [7, 11) is -3.54. The van der Waals surface area contributed by atoms with Crippen molar-refractivity contribution in [3.05, 3.63) is 23.8 Å². The maximum atomic E-state index is 13.0. The maximum absolute atomic E-state index is 13.0. The number of aryl methyl sites for hydroxylation is 1. The molecule has 0 aromatic heterocycles. The van der Waals surface area contributed by atoms with E-state index in [1.54, 1.807) is 16.4 Å². The number of benzene rings is 1. The number of ether oxygens (including phenoxy) is 2. The molecule has 7 heteroatoms. The van der Waals surface area contributed by atoms with Gasteiger partial charge in [-0.1, -0.05) is 6.07 Å². The monoisotopic (exact) mass is 357 g/mol. The first-order valence-electron chi connectivity index (χ1n) is 7.98. The predicted octanol–water partition coefficient (Wildman–Crippen LogP) is 2.64. The number of rotatable bonds is 4. The van der Waals surface area contributed by atoms with Gasteiger partial charge in [-0.15, -0.1) is 11.8 Å². The van der Waals surface area contributed by atoms with Crippen molar-refractivity contribution in [3.8, 4) is 5.75 Å². The fourth-order valence-corrected chi connectivity index (χ4v) is 5.92. The highest BCUT2D eigenvalue weighted by Gasteiger charge is 2.42. The highest BCUT2D eigenvalue weighted by molar-refractivity contribution is 8.00. The number of sulfonamides is 1. The van der Waals surface area contributed by atoms with Gasteiger partial charge in [0, 0.05) is 18.8 Å². The van der Waals surface area contributed by atoms with Crippen molar-refractivity contribution >= 4 is 21.8 Å². The quantitative estimate of drug-likeness (QED) is 0.829. The molecule has 128 valence electrons. The lowest BCUT2D eigenvalue weighted by molar-refractivity contribution is 0.0161. The second-order valence-corrected chi connectivity index (χ2v) is 9.24. The molecule has 0 saturated carbocycles. The van der Waals surface area contributed by atoms with Gasteiger partial charge < -0.3 is 9.47 Å². The molecule has 0 amide bonds. The first-order chi connectivity index (χ1) is 11.0. The highest BCUT2D eigenvalue weighted by atomic mass is 32.2. The van der Waals surface area contributed by atoms with Crippen LogP contribution < -0.4 is 4.74 Å². The van der Waals surface area contributed by atoms with Crippen molar-refractivity contribution in [1.82, 2.24) is 4.31 Å². The molecule has 0 N–H and O–H groups in total. The lowest BCUT2D eigenvalue weighted by Crippen LogP contribution is -2.45. The van der Waals surface area contributed by atoms with Gasteiger partial charge in [-0.3, -0.25) is 0 Å². The number of piperidine rings is 1. The van der Waals surface area contributed by atoms with E-state index in [2.05, 4.69) is 0 Å². The van der Waals surface area contributed by atoms with Crippen LogP contribution in [-0.2, 0) is 14.8 Å². The van der Waals surface area contributed by atoms with E-state index in [-0.39, 0.29) is 9.83 Å². The van der Waals surface area contributed by atoms with E-state index in [9.17, 15) is 8.42 Å². The SMILES string of the molecule is CCOc1ccc(C)cc1S(=O)(=O)N1CCC2(CC1)OCCS2. The van der Waals surface area contributed by atoms with Crippen LogP contribution in [0.15, 0.2) is 23.1 Å². The summed E-state index contributed by atoms with van der Waals surface area (Å²) in [4.78, 5) is 0.108. The second kappa shape index (κ2) is 6.63. The molecule has 2 heterocycles. The molecule has 2 saturated heterocycles. The molecule has 0 aliphatic carbocycles. The topological polar surface area (TPSA) is 55.8 Å². The van der Waals surface area contributed by atoms with Crippen molar-refractivity contribution in [2.24, 2.45) is 0 Å². The van der Waals surface area contributed by atoms with Gasteiger partial charge in [-0.05, 0) is 44.4 Å². The van der Waals surface area contributed by atoms with Crippen LogP contribution in [0.1, 0.15) is 25.3 Å². The molecular weight excluding hydrogens is 334 g/mol. The van der Waals surface area contributed by atoms with Gasteiger partial charge in [-0.25, -0.2) is 8.42 Å². The molecule has 2 fully saturated rings. The zero-order valence-corrected chi connectivity index (χ0v) is 15.2. The van der Waals surface area contributed by atoms with Gasteiger partial charge >= 0.3 is 0 Å². The Balaban J connectivity index is 1.83. The summed E-state index contributed by atoms with van der Waals surface area (Å²) in [6, 6.07) is 5.32. The third-order valence-corrected chi connectivity index (χ3v) is 7.66. The summed E-state index contributed by atoms with van der Waals surface area (Å²) in [6.07, 6.45) is 1.49. The molecule has 2 aliphatic rings. The van der Waals surface area contributed by atoms with E-state index >= 15 is 0 Å². The first kappa shape index (κ1) is 17.1. The standard InChI is InChI=1S/C16H23NO4S2/c1-3-20-14-5-4-13(2)12-15(14)23(18,19)17-8-6-16(7-9-17)21-10-11-22-16/h4-5,12H,3,6-11H2,1-2H3. The Kier molecular flexibility index (Phi) is 4.92.